The van der Waals surface area contributed by atoms with Gasteiger partial charge in [0.05, 0.1) is 13.5 Å². The molecule has 6 nitrogen and oxygen atoms in total. The molecule has 0 saturated carbocycles. The second kappa shape index (κ2) is 8.25. The van der Waals surface area contributed by atoms with Gasteiger partial charge in [0.1, 0.15) is 5.75 Å². The Morgan fingerprint density at radius 2 is 1.89 bits per heavy atom. The van der Waals surface area contributed by atoms with Gasteiger partial charge in [-0.3, -0.25) is 4.79 Å². The van der Waals surface area contributed by atoms with Crippen LogP contribution in [0.2, 0.25) is 0 Å². The van der Waals surface area contributed by atoms with Crippen LogP contribution < -0.4 is 4.74 Å². The summed E-state index contributed by atoms with van der Waals surface area (Å²) < 4.78 is 11.2. The van der Waals surface area contributed by atoms with E-state index >= 15 is 0 Å². The molecule has 0 bridgehead atoms. The number of methoxy groups -OCH3 is 1. The number of carbonyl (C=O) groups is 1. The molecule has 0 spiro atoms. The molecule has 144 valence electrons. The van der Waals surface area contributed by atoms with Crippen molar-refractivity contribution < 1.29 is 13.9 Å². The van der Waals surface area contributed by atoms with Crippen molar-refractivity contribution in [3.05, 3.63) is 66.1 Å². The SMILES string of the molecule is COc1cccc(-c2nnc(C3CCN(C(=O)Cc4ccccc4)CC3)o2)c1. The Bertz CT molecular complexity index is 931. The molecule has 1 aromatic heterocycles. The van der Waals surface area contributed by atoms with Gasteiger partial charge in [-0.2, -0.15) is 0 Å². The molecule has 3 aromatic rings. The second-order valence-corrected chi connectivity index (χ2v) is 6.99. The number of hydrogen-bond donors (Lipinski definition) is 0. The molecule has 1 fully saturated rings. The van der Waals surface area contributed by atoms with Gasteiger partial charge in [0.2, 0.25) is 17.7 Å². The predicted molar refractivity (Wildman–Crippen MR) is 105 cm³/mol. The van der Waals surface area contributed by atoms with E-state index in [1.807, 2.05) is 59.5 Å². The van der Waals surface area contributed by atoms with Crippen LogP contribution in [0.4, 0.5) is 0 Å². The van der Waals surface area contributed by atoms with Crippen LogP contribution in [0, 0.1) is 0 Å². The third kappa shape index (κ3) is 4.06. The van der Waals surface area contributed by atoms with Crippen molar-refractivity contribution in [1.29, 1.82) is 0 Å². The molecule has 0 N–H and O–H groups in total. The summed E-state index contributed by atoms with van der Waals surface area (Å²) in [4.78, 5) is 14.5. The fraction of sp³-hybridized carbons (Fsp3) is 0.318. The fourth-order valence-corrected chi connectivity index (χ4v) is 3.53. The molecule has 2 heterocycles. The highest BCUT2D eigenvalue weighted by Gasteiger charge is 2.27. The molecule has 0 radical (unpaired) electrons. The van der Waals surface area contributed by atoms with Gasteiger partial charge in [-0.1, -0.05) is 36.4 Å². The van der Waals surface area contributed by atoms with Crippen molar-refractivity contribution in [3.8, 4) is 17.2 Å². The Hall–Kier alpha value is -3.15. The minimum absolute atomic E-state index is 0.173. The Kier molecular flexibility index (Phi) is 5.37. The van der Waals surface area contributed by atoms with Gasteiger partial charge in [0.15, 0.2) is 0 Å². The largest absolute Gasteiger partial charge is 0.497 e. The van der Waals surface area contributed by atoms with Gasteiger partial charge in [-0.25, -0.2) is 0 Å². The lowest BCUT2D eigenvalue weighted by molar-refractivity contribution is -0.131. The van der Waals surface area contributed by atoms with E-state index in [0.717, 1.165) is 29.7 Å². The van der Waals surface area contributed by atoms with E-state index in [-0.39, 0.29) is 11.8 Å². The lowest BCUT2D eigenvalue weighted by Gasteiger charge is -2.30. The molecular weight excluding hydrogens is 354 g/mol. The number of piperidine rings is 1. The predicted octanol–water partition coefficient (Wildman–Crippen LogP) is 3.69. The summed E-state index contributed by atoms with van der Waals surface area (Å²) >= 11 is 0. The quantitative estimate of drug-likeness (QED) is 0.678. The third-order valence-electron chi connectivity index (χ3n) is 5.15. The zero-order chi connectivity index (χ0) is 19.3. The van der Waals surface area contributed by atoms with Crippen LogP contribution in [-0.4, -0.2) is 41.2 Å². The van der Waals surface area contributed by atoms with E-state index in [2.05, 4.69) is 10.2 Å². The highest BCUT2D eigenvalue weighted by Crippen LogP contribution is 2.30. The molecule has 4 rings (SSSR count). The first-order valence-corrected chi connectivity index (χ1v) is 9.52. The summed E-state index contributed by atoms with van der Waals surface area (Å²) in [6, 6.07) is 17.4. The van der Waals surface area contributed by atoms with Crippen LogP contribution in [0.25, 0.3) is 11.5 Å². The Balaban J connectivity index is 1.36. The topological polar surface area (TPSA) is 68.5 Å². The number of rotatable bonds is 5. The van der Waals surface area contributed by atoms with Crippen LogP contribution in [0.3, 0.4) is 0 Å². The number of nitrogens with zero attached hydrogens (tertiary/aromatic N) is 3. The number of benzene rings is 2. The smallest absolute Gasteiger partial charge is 0.247 e. The van der Waals surface area contributed by atoms with Crippen LogP contribution >= 0.6 is 0 Å². The first-order valence-electron chi connectivity index (χ1n) is 9.52. The van der Waals surface area contributed by atoms with E-state index in [1.54, 1.807) is 7.11 Å². The van der Waals surface area contributed by atoms with Crippen molar-refractivity contribution in [3.63, 3.8) is 0 Å². The molecule has 1 saturated heterocycles. The molecule has 2 aromatic carbocycles. The standard InChI is InChI=1S/C22H23N3O3/c1-27-19-9-5-8-18(15-19)22-24-23-21(28-22)17-10-12-25(13-11-17)20(26)14-16-6-3-2-4-7-16/h2-9,15,17H,10-14H2,1H3. The summed E-state index contributed by atoms with van der Waals surface area (Å²) in [5.74, 6) is 2.26. The maximum atomic E-state index is 12.5. The highest BCUT2D eigenvalue weighted by atomic mass is 16.5. The number of aromatic nitrogens is 2. The maximum absolute atomic E-state index is 12.5. The molecule has 0 unspecified atom stereocenters. The van der Waals surface area contributed by atoms with E-state index in [4.69, 9.17) is 9.15 Å². The average molecular weight is 377 g/mol. The fourth-order valence-electron chi connectivity index (χ4n) is 3.53. The second-order valence-electron chi connectivity index (χ2n) is 6.99. The number of ether oxygens (including phenoxy) is 1. The van der Waals surface area contributed by atoms with Crippen molar-refractivity contribution in [2.75, 3.05) is 20.2 Å². The van der Waals surface area contributed by atoms with Gasteiger partial charge in [-0.05, 0) is 36.6 Å². The molecule has 0 atom stereocenters. The van der Waals surface area contributed by atoms with Crippen molar-refractivity contribution >= 4 is 5.91 Å². The Morgan fingerprint density at radius 1 is 1.11 bits per heavy atom. The summed E-state index contributed by atoms with van der Waals surface area (Å²) in [6.07, 6.45) is 2.12. The summed E-state index contributed by atoms with van der Waals surface area (Å²) in [5, 5.41) is 8.44. The molecule has 1 aliphatic rings. The van der Waals surface area contributed by atoms with Crippen molar-refractivity contribution in [2.24, 2.45) is 0 Å². The third-order valence-corrected chi connectivity index (χ3v) is 5.15. The molecular formula is C22H23N3O3. The normalized spacial score (nSPS) is 14.8. The Labute approximate surface area is 164 Å². The van der Waals surface area contributed by atoms with Crippen LogP contribution in [0.5, 0.6) is 5.75 Å². The number of hydrogen-bond acceptors (Lipinski definition) is 5. The Morgan fingerprint density at radius 3 is 2.64 bits per heavy atom. The first kappa shape index (κ1) is 18.2. The minimum atomic E-state index is 0.173. The molecule has 1 amide bonds. The van der Waals surface area contributed by atoms with Crippen molar-refractivity contribution in [1.82, 2.24) is 15.1 Å². The number of likely N-dealkylation sites (tertiary alicyclic amines) is 1. The molecule has 28 heavy (non-hydrogen) atoms. The van der Waals surface area contributed by atoms with E-state index in [9.17, 15) is 4.79 Å². The molecule has 6 heteroatoms. The number of carbonyl (C=O) groups excluding carboxylic acids is 1. The summed E-state index contributed by atoms with van der Waals surface area (Å²) in [5.41, 5.74) is 1.89. The van der Waals surface area contributed by atoms with E-state index in [0.29, 0.717) is 31.3 Å². The molecule has 0 aliphatic carbocycles. The van der Waals surface area contributed by atoms with Gasteiger partial charge in [0, 0.05) is 24.6 Å². The first-order chi connectivity index (χ1) is 13.7. The minimum Gasteiger partial charge on any atom is -0.497 e. The number of amides is 1. The van der Waals surface area contributed by atoms with E-state index in [1.165, 1.54) is 0 Å². The maximum Gasteiger partial charge on any atom is 0.247 e. The van der Waals surface area contributed by atoms with Crippen LogP contribution in [0.1, 0.15) is 30.2 Å². The highest BCUT2D eigenvalue weighted by molar-refractivity contribution is 5.78. The van der Waals surface area contributed by atoms with Gasteiger partial charge in [-0.15, -0.1) is 10.2 Å². The average Bonchev–Trinajstić information content (AvgIpc) is 3.25. The zero-order valence-corrected chi connectivity index (χ0v) is 15.9. The monoisotopic (exact) mass is 377 g/mol. The van der Waals surface area contributed by atoms with Crippen LogP contribution in [-0.2, 0) is 11.2 Å². The zero-order valence-electron chi connectivity index (χ0n) is 15.9. The molecule has 1 aliphatic heterocycles. The van der Waals surface area contributed by atoms with Gasteiger partial charge in [0.25, 0.3) is 0 Å². The summed E-state index contributed by atoms with van der Waals surface area (Å²) in [7, 11) is 1.63. The van der Waals surface area contributed by atoms with E-state index < -0.39 is 0 Å². The van der Waals surface area contributed by atoms with Crippen molar-refractivity contribution in [2.45, 2.75) is 25.2 Å². The summed E-state index contributed by atoms with van der Waals surface area (Å²) in [6.45, 7) is 1.43. The lowest BCUT2D eigenvalue weighted by Crippen LogP contribution is -2.38. The van der Waals surface area contributed by atoms with Gasteiger partial charge >= 0.3 is 0 Å². The van der Waals surface area contributed by atoms with Crippen LogP contribution in [0.15, 0.2) is 59.0 Å². The van der Waals surface area contributed by atoms with Gasteiger partial charge < -0.3 is 14.1 Å². The lowest BCUT2D eigenvalue weighted by atomic mass is 9.96.